The Morgan fingerprint density at radius 2 is 1.87 bits per heavy atom. The zero-order valence-electron chi connectivity index (χ0n) is 16.2. The normalized spacial score (nSPS) is 10.8. The predicted octanol–water partition coefficient (Wildman–Crippen LogP) is 4.78. The second-order valence-corrected chi connectivity index (χ2v) is 7.94. The molecule has 30 heavy (non-hydrogen) atoms. The van der Waals surface area contributed by atoms with Gasteiger partial charge in [-0.1, -0.05) is 24.3 Å². The Morgan fingerprint density at radius 3 is 2.53 bits per heavy atom. The van der Waals surface area contributed by atoms with E-state index in [4.69, 9.17) is 5.11 Å². The zero-order chi connectivity index (χ0) is 21.3. The lowest BCUT2D eigenvalue weighted by atomic mass is 10.1. The minimum Gasteiger partial charge on any atom is -0.481 e. The lowest BCUT2D eigenvalue weighted by Gasteiger charge is -2.05. The monoisotopic (exact) mass is 440 g/mol. The SMILES string of the molecule is CSc1ccc(/C=N/Nc2nc(-c3ccc(NC(=O)CCC(=O)O)cc3)cs2)cc1. The Hall–Kier alpha value is -3.17. The Kier molecular flexibility index (Phi) is 7.58. The summed E-state index contributed by atoms with van der Waals surface area (Å²) in [5.74, 6) is -1.32. The number of aromatic nitrogens is 1. The summed E-state index contributed by atoms with van der Waals surface area (Å²) in [5.41, 5.74) is 6.25. The van der Waals surface area contributed by atoms with Gasteiger partial charge < -0.3 is 10.4 Å². The number of hydrazone groups is 1. The fourth-order valence-corrected chi connectivity index (χ4v) is 3.55. The summed E-state index contributed by atoms with van der Waals surface area (Å²) in [7, 11) is 0. The highest BCUT2D eigenvalue weighted by molar-refractivity contribution is 7.98. The molecule has 0 radical (unpaired) electrons. The predicted molar refractivity (Wildman–Crippen MR) is 122 cm³/mol. The van der Waals surface area contributed by atoms with Crippen LogP contribution in [0.2, 0.25) is 0 Å². The number of carboxylic acid groups (broad SMARTS) is 1. The van der Waals surface area contributed by atoms with Gasteiger partial charge in [0.05, 0.1) is 18.3 Å². The summed E-state index contributed by atoms with van der Waals surface area (Å²) >= 11 is 3.14. The second-order valence-electron chi connectivity index (χ2n) is 6.20. The summed E-state index contributed by atoms with van der Waals surface area (Å²) in [4.78, 5) is 27.9. The van der Waals surface area contributed by atoms with E-state index in [0.717, 1.165) is 16.8 Å². The topological polar surface area (TPSA) is 104 Å². The molecule has 0 unspecified atom stereocenters. The molecule has 154 valence electrons. The van der Waals surface area contributed by atoms with Crippen LogP contribution in [0.5, 0.6) is 0 Å². The number of aliphatic carboxylic acids is 1. The number of benzene rings is 2. The van der Waals surface area contributed by atoms with Crippen LogP contribution in [0.1, 0.15) is 18.4 Å². The van der Waals surface area contributed by atoms with E-state index in [1.165, 1.54) is 16.2 Å². The highest BCUT2D eigenvalue weighted by Crippen LogP contribution is 2.26. The lowest BCUT2D eigenvalue weighted by molar-refractivity contribution is -0.138. The average Bonchev–Trinajstić information content (AvgIpc) is 3.22. The quantitative estimate of drug-likeness (QED) is 0.251. The molecular weight excluding hydrogens is 420 g/mol. The van der Waals surface area contributed by atoms with E-state index in [9.17, 15) is 9.59 Å². The molecule has 2 aromatic carbocycles. The van der Waals surface area contributed by atoms with Gasteiger partial charge in [-0.25, -0.2) is 4.98 Å². The third kappa shape index (κ3) is 6.43. The van der Waals surface area contributed by atoms with Crippen LogP contribution >= 0.6 is 23.1 Å². The Bertz CT molecular complexity index is 1030. The van der Waals surface area contributed by atoms with Crippen molar-refractivity contribution in [2.24, 2.45) is 5.10 Å². The van der Waals surface area contributed by atoms with Crippen molar-refractivity contribution in [3.05, 3.63) is 59.5 Å². The standard InChI is InChI=1S/C21H20N4O3S2/c1-29-17-8-2-14(3-9-17)12-22-25-21-24-18(13-30-21)15-4-6-16(7-5-15)23-19(26)10-11-20(27)28/h2-9,12-13H,10-11H2,1H3,(H,23,26)(H,24,25)(H,27,28)/b22-12+. The van der Waals surface area contributed by atoms with Crippen molar-refractivity contribution in [2.75, 3.05) is 17.0 Å². The maximum Gasteiger partial charge on any atom is 0.303 e. The number of anilines is 2. The van der Waals surface area contributed by atoms with Crippen LogP contribution in [0.25, 0.3) is 11.3 Å². The smallest absolute Gasteiger partial charge is 0.303 e. The van der Waals surface area contributed by atoms with Gasteiger partial charge in [0.15, 0.2) is 0 Å². The first kappa shape index (κ1) is 21.5. The lowest BCUT2D eigenvalue weighted by Crippen LogP contribution is -2.13. The van der Waals surface area contributed by atoms with Gasteiger partial charge in [-0.05, 0) is 36.1 Å². The molecule has 0 saturated carbocycles. The largest absolute Gasteiger partial charge is 0.481 e. The third-order valence-corrected chi connectivity index (χ3v) is 5.51. The molecule has 0 fully saturated rings. The van der Waals surface area contributed by atoms with Crippen molar-refractivity contribution in [1.82, 2.24) is 4.98 Å². The number of amides is 1. The number of thiazole rings is 1. The molecule has 0 spiro atoms. The number of carbonyl (C=O) groups is 2. The molecule has 0 aliphatic rings. The van der Waals surface area contributed by atoms with Gasteiger partial charge in [-0.15, -0.1) is 23.1 Å². The third-order valence-electron chi connectivity index (χ3n) is 4.02. The van der Waals surface area contributed by atoms with E-state index < -0.39 is 5.97 Å². The number of hydrogen-bond donors (Lipinski definition) is 3. The van der Waals surface area contributed by atoms with Gasteiger partial charge in [0.25, 0.3) is 0 Å². The van der Waals surface area contributed by atoms with Crippen LogP contribution in [0.15, 0.2) is 63.9 Å². The minimum absolute atomic E-state index is 0.0551. The molecule has 1 amide bonds. The molecule has 0 aliphatic carbocycles. The Labute approximate surface area is 182 Å². The second kappa shape index (κ2) is 10.6. The molecular formula is C21H20N4O3S2. The summed E-state index contributed by atoms with van der Waals surface area (Å²) in [6, 6.07) is 15.3. The van der Waals surface area contributed by atoms with Crippen molar-refractivity contribution >= 4 is 52.0 Å². The van der Waals surface area contributed by atoms with Crippen molar-refractivity contribution in [2.45, 2.75) is 17.7 Å². The van der Waals surface area contributed by atoms with Crippen molar-refractivity contribution < 1.29 is 14.7 Å². The molecule has 3 N–H and O–H groups in total. The van der Waals surface area contributed by atoms with Gasteiger partial charge >= 0.3 is 5.97 Å². The van der Waals surface area contributed by atoms with Gasteiger partial charge in [0.1, 0.15) is 0 Å². The highest BCUT2D eigenvalue weighted by Gasteiger charge is 2.07. The minimum atomic E-state index is -0.994. The number of rotatable bonds is 9. The van der Waals surface area contributed by atoms with Crippen LogP contribution < -0.4 is 10.7 Å². The number of carboxylic acids is 1. The molecule has 9 heteroatoms. The van der Waals surface area contributed by atoms with Crippen LogP contribution in [0.3, 0.4) is 0 Å². The summed E-state index contributed by atoms with van der Waals surface area (Å²) in [5, 5.41) is 18.1. The molecule has 1 aromatic heterocycles. The Balaban J connectivity index is 1.55. The molecule has 0 aliphatic heterocycles. The maximum atomic E-state index is 11.7. The first-order valence-electron chi connectivity index (χ1n) is 9.04. The summed E-state index contributed by atoms with van der Waals surface area (Å²) in [6.45, 7) is 0. The average molecular weight is 441 g/mol. The first-order chi connectivity index (χ1) is 14.5. The fraction of sp³-hybridized carbons (Fsp3) is 0.143. The first-order valence-corrected chi connectivity index (χ1v) is 11.1. The zero-order valence-corrected chi connectivity index (χ0v) is 17.8. The van der Waals surface area contributed by atoms with E-state index in [0.29, 0.717) is 10.8 Å². The molecule has 7 nitrogen and oxygen atoms in total. The summed E-state index contributed by atoms with van der Waals surface area (Å²) in [6.07, 6.45) is 3.54. The number of hydrogen-bond acceptors (Lipinski definition) is 7. The van der Waals surface area contributed by atoms with E-state index in [1.807, 2.05) is 48.0 Å². The maximum absolute atomic E-state index is 11.7. The van der Waals surface area contributed by atoms with Crippen LogP contribution in [0, 0.1) is 0 Å². The molecule has 1 heterocycles. The van der Waals surface area contributed by atoms with E-state index >= 15 is 0 Å². The molecule has 3 aromatic rings. The number of nitrogens with zero attached hydrogens (tertiary/aromatic N) is 2. The Morgan fingerprint density at radius 1 is 1.13 bits per heavy atom. The van der Waals surface area contributed by atoms with Crippen LogP contribution in [0.4, 0.5) is 10.8 Å². The van der Waals surface area contributed by atoms with Gasteiger partial charge in [-0.2, -0.15) is 5.10 Å². The van der Waals surface area contributed by atoms with Crippen LogP contribution in [-0.4, -0.2) is 34.4 Å². The van der Waals surface area contributed by atoms with Gasteiger partial charge in [0, 0.05) is 27.9 Å². The number of thioether (sulfide) groups is 1. The van der Waals surface area contributed by atoms with Gasteiger partial charge in [-0.3, -0.25) is 15.0 Å². The molecule has 0 saturated heterocycles. The van der Waals surface area contributed by atoms with Crippen molar-refractivity contribution in [1.29, 1.82) is 0 Å². The van der Waals surface area contributed by atoms with Gasteiger partial charge in [0.2, 0.25) is 11.0 Å². The van der Waals surface area contributed by atoms with Crippen molar-refractivity contribution in [3.63, 3.8) is 0 Å². The van der Waals surface area contributed by atoms with E-state index in [1.54, 1.807) is 30.1 Å². The molecule has 3 rings (SSSR count). The van der Waals surface area contributed by atoms with Crippen LogP contribution in [-0.2, 0) is 9.59 Å². The number of carbonyl (C=O) groups excluding carboxylic acids is 1. The van der Waals surface area contributed by atoms with Crippen molar-refractivity contribution in [3.8, 4) is 11.3 Å². The molecule has 0 bridgehead atoms. The fourth-order valence-electron chi connectivity index (χ4n) is 2.48. The molecule has 0 atom stereocenters. The number of nitrogens with one attached hydrogen (secondary N) is 2. The van der Waals surface area contributed by atoms with E-state index in [2.05, 4.69) is 20.8 Å². The highest BCUT2D eigenvalue weighted by atomic mass is 32.2. The van der Waals surface area contributed by atoms with E-state index in [-0.39, 0.29) is 18.7 Å². The summed E-state index contributed by atoms with van der Waals surface area (Å²) < 4.78 is 0.